The third-order valence-electron chi connectivity index (χ3n) is 2.39. The summed E-state index contributed by atoms with van der Waals surface area (Å²) in [6.07, 6.45) is 0.352. The van der Waals surface area contributed by atoms with Gasteiger partial charge in [0.2, 0.25) is 5.91 Å². The molecule has 0 saturated carbocycles. The van der Waals surface area contributed by atoms with Gasteiger partial charge in [-0.1, -0.05) is 0 Å². The molecule has 0 aromatic heterocycles. The molecule has 1 aromatic carbocycles. The van der Waals surface area contributed by atoms with Crippen LogP contribution in [0.2, 0.25) is 0 Å². The smallest absolute Gasteiger partial charge is 0.223 e. The molecule has 0 unspecified atom stereocenters. The normalized spacial score (nSPS) is 10.3. The van der Waals surface area contributed by atoms with Crippen molar-refractivity contribution in [2.75, 3.05) is 20.2 Å². The molecule has 0 radical (unpaired) electrons. The average molecular weight is 394 g/mol. The fraction of sp³-hybridized carbons (Fsp3) is 0.462. The summed E-state index contributed by atoms with van der Waals surface area (Å²) < 4.78 is 7.40. The predicted molar refractivity (Wildman–Crippen MR) is 83.4 cm³/mol. The average Bonchev–Trinajstić information content (AvgIpc) is 2.33. The van der Waals surface area contributed by atoms with Crippen LogP contribution in [0.4, 0.5) is 0 Å². The Morgan fingerprint density at radius 2 is 1.95 bits per heavy atom. The summed E-state index contributed by atoms with van der Waals surface area (Å²) in [7, 11) is 1.90. The molecule has 19 heavy (non-hydrogen) atoms. The summed E-state index contributed by atoms with van der Waals surface area (Å²) in [5.74, 6) is 0.727. The lowest BCUT2D eigenvalue weighted by atomic mass is 10.2. The summed E-state index contributed by atoms with van der Waals surface area (Å²) in [5, 5.41) is 5.83. The van der Waals surface area contributed by atoms with Gasteiger partial charge in [0.15, 0.2) is 0 Å². The van der Waals surface area contributed by atoms with Gasteiger partial charge in [-0.25, -0.2) is 0 Å². The minimum absolute atomic E-state index is 0.00143. The first-order valence-electron chi connectivity index (χ1n) is 6.10. The van der Waals surface area contributed by atoms with E-state index >= 15 is 0 Å². The molecule has 0 aliphatic carbocycles. The van der Waals surface area contributed by atoms with Crippen LogP contribution in [0.5, 0.6) is 5.75 Å². The summed E-state index contributed by atoms with van der Waals surface area (Å²) in [5.41, 5.74) is 1.15. The number of benzene rings is 1. The van der Waals surface area contributed by atoms with Crippen LogP contribution in [0.3, 0.4) is 0 Å². The van der Waals surface area contributed by atoms with Gasteiger partial charge in [-0.3, -0.25) is 4.79 Å². The number of amides is 1. The zero-order valence-electron chi connectivity index (χ0n) is 11.1. The maximum Gasteiger partial charge on any atom is 0.223 e. The summed E-state index contributed by atoms with van der Waals surface area (Å²) in [6, 6.07) is 4.01. The molecule has 1 rings (SSSR count). The molecule has 2 N–H and O–H groups in total. The van der Waals surface area contributed by atoms with E-state index in [4.69, 9.17) is 4.74 Å². The first kappa shape index (κ1) is 16.5. The molecule has 0 heterocycles. The van der Waals surface area contributed by atoms with E-state index in [0.29, 0.717) is 19.6 Å². The van der Waals surface area contributed by atoms with Crippen LogP contribution >= 0.6 is 31.9 Å². The molecule has 0 fully saturated rings. The van der Waals surface area contributed by atoms with Crippen LogP contribution in [-0.2, 0) is 11.3 Å². The predicted octanol–water partition coefficient (Wildman–Crippen LogP) is 2.84. The van der Waals surface area contributed by atoms with E-state index in [2.05, 4.69) is 42.5 Å². The molecular formula is C13H18Br2N2O2. The van der Waals surface area contributed by atoms with Gasteiger partial charge in [0.1, 0.15) is 5.75 Å². The number of halogens is 2. The molecular weight excluding hydrogens is 376 g/mol. The van der Waals surface area contributed by atoms with Crippen molar-refractivity contribution >= 4 is 37.8 Å². The molecule has 0 aliphatic rings. The van der Waals surface area contributed by atoms with Gasteiger partial charge < -0.3 is 15.4 Å². The van der Waals surface area contributed by atoms with Crippen molar-refractivity contribution in [1.82, 2.24) is 10.6 Å². The molecule has 106 valence electrons. The summed E-state index contributed by atoms with van der Waals surface area (Å²) in [4.78, 5) is 11.3. The van der Waals surface area contributed by atoms with E-state index in [9.17, 15) is 4.79 Å². The van der Waals surface area contributed by atoms with Crippen LogP contribution in [0, 0.1) is 0 Å². The Morgan fingerprint density at radius 3 is 2.47 bits per heavy atom. The van der Waals surface area contributed by atoms with Crippen molar-refractivity contribution in [3.8, 4) is 5.75 Å². The van der Waals surface area contributed by atoms with Crippen molar-refractivity contribution in [3.63, 3.8) is 0 Å². The molecule has 0 aliphatic heterocycles. The van der Waals surface area contributed by atoms with Gasteiger partial charge in [0.05, 0.1) is 22.0 Å². The van der Waals surface area contributed by atoms with Crippen molar-refractivity contribution < 1.29 is 9.53 Å². The fourth-order valence-corrected chi connectivity index (χ4v) is 3.10. The standard InChI is InChI=1S/C13H18Br2N2O2/c1-3-17-12(18)4-5-19-13-10(14)6-9(8-16-2)7-11(13)15/h6-7,16H,3-5,8H2,1-2H3,(H,17,18). The zero-order valence-corrected chi connectivity index (χ0v) is 14.2. The Bertz CT molecular complexity index is 416. The van der Waals surface area contributed by atoms with Gasteiger partial charge in [-0.15, -0.1) is 0 Å². The maximum atomic E-state index is 11.3. The van der Waals surface area contributed by atoms with E-state index in [0.717, 1.165) is 26.8 Å². The Labute approximate surface area is 130 Å². The van der Waals surface area contributed by atoms with Crippen LogP contribution in [-0.4, -0.2) is 26.1 Å². The Balaban J connectivity index is 2.61. The number of ether oxygens (including phenoxy) is 1. The lowest BCUT2D eigenvalue weighted by Crippen LogP contribution is -2.24. The highest BCUT2D eigenvalue weighted by Gasteiger charge is 2.09. The first-order valence-corrected chi connectivity index (χ1v) is 7.69. The van der Waals surface area contributed by atoms with E-state index in [-0.39, 0.29) is 5.91 Å². The first-order chi connectivity index (χ1) is 9.08. The van der Waals surface area contributed by atoms with Crippen LogP contribution < -0.4 is 15.4 Å². The molecule has 0 bridgehead atoms. The van der Waals surface area contributed by atoms with Gasteiger partial charge in [0, 0.05) is 13.1 Å². The van der Waals surface area contributed by atoms with Crippen molar-refractivity contribution in [3.05, 3.63) is 26.6 Å². The monoisotopic (exact) mass is 392 g/mol. The minimum Gasteiger partial charge on any atom is -0.491 e. The third-order valence-corrected chi connectivity index (χ3v) is 3.57. The molecule has 6 heteroatoms. The van der Waals surface area contributed by atoms with Crippen molar-refractivity contribution in [2.45, 2.75) is 19.9 Å². The fourth-order valence-electron chi connectivity index (χ4n) is 1.59. The van der Waals surface area contributed by atoms with Gasteiger partial charge >= 0.3 is 0 Å². The Kier molecular flexibility index (Phi) is 7.41. The van der Waals surface area contributed by atoms with E-state index in [1.807, 2.05) is 26.1 Å². The van der Waals surface area contributed by atoms with Gasteiger partial charge in [-0.2, -0.15) is 0 Å². The molecule has 1 amide bonds. The molecule has 4 nitrogen and oxygen atoms in total. The highest BCUT2D eigenvalue weighted by Crippen LogP contribution is 2.34. The maximum absolute atomic E-state index is 11.3. The van der Waals surface area contributed by atoms with Crippen molar-refractivity contribution in [1.29, 1.82) is 0 Å². The van der Waals surface area contributed by atoms with Gasteiger partial charge in [-0.05, 0) is 63.5 Å². The lowest BCUT2D eigenvalue weighted by molar-refractivity contribution is -0.121. The third kappa shape index (κ3) is 5.50. The number of carbonyl (C=O) groups is 1. The molecule has 0 spiro atoms. The highest BCUT2D eigenvalue weighted by molar-refractivity contribution is 9.11. The second-order valence-corrected chi connectivity index (χ2v) is 5.68. The van der Waals surface area contributed by atoms with Crippen LogP contribution in [0.15, 0.2) is 21.1 Å². The number of rotatable bonds is 7. The second-order valence-electron chi connectivity index (χ2n) is 3.97. The molecule has 1 aromatic rings. The quantitative estimate of drug-likeness (QED) is 0.748. The number of hydrogen-bond donors (Lipinski definition) is 2. The Morgan fingerprint density at radius 1 is 1.32 bits per heavy atom. The topological polar surface area (TPSA) is 50.4 Å². The van der Waals surface area contributed by atoms with Crippen LogP contribution in [0.1, 0.15) is 18.9 Å². The number of carbonyl (C=O) groups excluding carboxylic acids is 1. The summed E-state index contributed by atoms with van der Waals surface area (Å²) in [6.45, 7) is 3.68. The second kappa shape index (κ2) is 8.55. The van der Waals surface area contributed by atoms with Crippen LogP contribution in [0.25, 0.3) is 0 Å². The molecule has 0 saturated heterocycles. The highest BCUT2D eigenvalue weighted by atomic mass is 79.9. The summed E-state index contributed by atoms with van der Waals surface area (Å²) >= 11 is 6.97. The Hall–Kier alpha value is -0.590. The number of hydrogen-bond acceptors (Lipinski definition) is 3. The lowest BCUT2D eigenvalue weighted by Gasteiger charge is -2.12. The zero-order chi connectivity index (χ0) is 14.3. The largest absolute Gasteiger partial charge is 0.491 e. The SMILES string of the molecule is CCNC(=O)CCOc1c(Br)cc(CNC)cc1Br. The minimum atomic E-state index is 0.00143. The molecule has 0 atom stereocenters. The van der Waals surface area contributed by atoms with E-state index in [1.54, 1.807) is 0 Å². The van der Waals surface area contributed by atoms with E-state index < -0.39 is 0 Å². The van der Waals surface area contributed by atoms with Crippen molar-refractivity contribution in [2.24, 2.45) is 0 Å². The van der Waals surface area contributed by atoms with Gasteiger partial charge in [0.25, 0.3) is 0 Å². The van der Waals surface area contributed by atoms with E-state index in [1.165, 1.54) is 0 Å². The number of nitrogens with one attached hydrogen (secondary N) is 2.